The van der Waals surface area contributed by atoms with Crippen molar-refractivity contribution in [2.75, 3.05) is 11.9 Å². The number of halogens is 1. The van der Waals surface area contributed by atoms with Crippen molar-refractivity contribution in [3.05, 3.63) is 82.3 Å². The summed E-state index contributed by atoms with van der Waals surface area (Å²) in [5, 5.41) is 3.90. The zero-order valence-corrected chi connectivity index (χ0v) is 15.7. The minimum absolute atomic E-state index is 0.0854. The zero-order chi connectivity index (χ0) is 18.8. The predicted molar refractivity (Wildman–Crippen MR) is 106 cm³/mol. The van der Waals surface area contributed by atoms with Gasteiger partial charge in [-0.15, -0.1) is 0 Å². The summed E-state index contributed by atoms with van der Waals surface area (Å²) in [5.41, 5.74) is 4.67. The molecule has 0 aliphatic carbocycles. The van der Waals surface area contributed by atoms with Gasteiger partial charge < -0.3 is 10.2 Å². The van der Waals surface area contributed by atoms with Gasteiger partial charge in [0, 0.05) is 29.9 Å². The molecule has 1 aliphatic rings. The molecule has 3 aromatic rings. The van der Waals surface area contributed by atoms with E-state index in [4.69, 9.17) is 11.6 Å². The van der Waals surface area contributed by atoms with Crippen LogP contribution in [0.2, 0.25) is 5.02 Å². The fourth-order valence-corrected chi connectivity index (χ4v) is 3.43. The number of hydrogen-bond acceptors (Lipinski definition) is 4. The van der Waals surface area contributed by atoms with Crippen molar-refractivity contribution in [2.45, 2.75) is 19.9 Å². The second-order valence-electron chi connectivity index (χ2n) is 6.57. The van der Waals surface area contributed by atoms with Crippen molar-refractivity contribution >= 4 is 29.0 Å². The molecule has 5 nitrogen and oxygen atoms in total. The van der Waals surface area contributed by atoms with Crippen molar-refractivity contribution in [1.29, 1.82) is 0 Å². The largest absolute Gasteiger partial charge is 0.340 e. The Labute approximate surface area is 163 Å². The van der Waals surface area contributed by atoms with Gasteiger partial charge in [0.25, 0.3) is 5.91 Å². The maximum atomic E-state index is 12.9. The average Bonchev–Trinajstić information content (AvgIpc) is 2.71. The Morgan fingerprint density at radius 3 is 2.78 bits per heavy atom. The van der Waals surface area contributed by atoms with Crippen LogP contribution in [0.5, 0.6) is 0 Å². The van der Waals surface area contributed by atoms with Gasteiger partial charge in [0.15, 0.2) is 0 Å². The molecule has 4 rings (SSSR count). The number of benzene rings is 2. The van der Waals surface area contributed by atoms with Gasteiger partial charge in [-0.2, -0.15) is 0 Å². The smallest absolute Gasteiger partial charge is 0.272 e. The number of fused-ring (bicyclic) bond motifs is 1. The highest BCUT2D eigenvalue weighted by Gasteiger charge is 2.22. The number of rotatable bonds is 3. The topological polar surface area (TPSA) is 58.1 Å². The van der Waals surface area contributed by atoms with E-state index in [1.165, 1.54) is 17.5 Å². The number of carbonyl (C=O) groups is 1. The Balaban J connectivity index is 1.54. The molecular formula is C21H19ClN4O. The number of aromatic nitrogens is 2. The first-order valence-electron chi connectivity index (χ1n) is 8.82. The van der Waals surface area contributed by atoms with E-state index in [1.807, 2.05) is 42.2 Å². The lowest BCUT2D eigenvalue weighted by molar-refractivity contribution is 0.0728. The second kappa shape index (κ2) is 7.37. The molecule has 0 bridgehead atoms. The molecule has 0 unspecified atom stereocenters. The number of carbonyl (C=O) groups excluding carboxylic acids is 1. The third-order valence-electron chi connectivity index (χ3n) is 4.83. The first-order chi connectivity index (χ1) is 13.1. The first kappa shape index (κ1) is 17.5. The Morgan fingerprint density at radius 1 is 1.11 bits per heavy atom. The fourth-order valence-electron chi connectivity index (χ4n) is 3.25. The summed E-state index contributed by atoms with van der Waals surface area (Å²) in [6.07, 6.45) is 2.27. The van der Waals surface area contributed by atoms with Crippen LogP contribution in [-0.2, 0) is 13.0 Å². The highest BCUT2D eigenvalue weighted by molar-refractivity contribution is 6.31. The quantitative estimate of drug-likeness (QED) is 0.734. The molecule has 27 heavy (non-hydrogen) atoms. The van der Waals surface area contributed by atoms with Crippen LogP contribution in [0.15, 0.2) is 54.9 Å². The predicted octanol–water partition coefficient (Wildman–Crippen LogP) is 4.38. The van der Waals surface area contributed by atoms with Crippen LogP contribution < -0.4 is 5.32 Å². The minimum atomic E-state index is -0.0854. The van der Waals surface area contributed by atoms with E-state index < -0.39 is 0 Å². The number of nitrogens with zero attached hydrogens (tertiary/aromatic N) is 3. The lowest BCUT2D eigenvalue weighted by Crippen LogP contribution is -2.36. The molecule has 1 aliphatic heterocycles. The second-order valence-corrected chi connectivity index (χ2v) is 6.98. The number of nitrogens with one attached hydrogen (secondary N) is 1. The summed E-state index contributed by atoms with van der Waals surface area (Å²) in [7, 11) is 0. The van der Waals surface area contributed by atoms with Gasteiger partial charge in [-0.3, -0.25) is 4.79 Å². The highest BCUT2D eigenvalue weighted by Crippen LogP contribution is 2.26. The van der Waals surface area contributed by atoms with Gasteiger partial charge >= 0.3 is 0 Å². The molecule has 1 aromatic heterocycles. The standard InChI is InChI=1S/C21H19ClN4O/c1-14-17(22)7-4-8-18(14)25-20-11-19(23-13-24-20)21(27)26-10-9-15-5-2-3-6-16(15)12-26/h2-8,11,13H,9-10,12H2,1H3,(H,23,24,25). The molecule has 0 spiro atoms. The maximum Gasteiger partial charge on any atom is 0.272 e. The summed E-state index contributed by atoms with van der Waals surface area (Å²) in [5.74, 6) is 0.480. The zero-order valence-electron chi connectivity index (χ0n) is 14.9. The molecular weight excluding hydrogens is 360 g/mol. The van der Waals surface area contributed by atoms with E-state index in [9.17, 15) is 4.79 Å². The van der Waals surface area contributed by atoms with Crippen LogP contribution in [0, 0.1) is 6.92 Å². The SMILES string of the molecule is Cc1c(Cl)cccc1Nc1cc(C(=O)N2CCc3ccccc3C2)ncn1. The Hall–Kier alpha value is -2.92. The summed E-state index contributed by atoms with van der Waals surface area (Å²) in [4.78, 5) is 23.2. The fraction of sp³-hybridized carbons (Fsp3) is 0.190. The van der Waals surface area contributed by atoms with Crippen LogP contribution in [0.3, 0.4) is 0 Å². The van der Waals surface area contributed by atoms with E-state index >= 15 is 0 Å². The van der Waals surface area contributed by atoms with Gasteiger partial charge in [0.1, 0.15) is 17.8 Å². The average molecular weight is 379 g/mol. The van der Waals surface area contributed by atoms with E-state index in [0.717, 1.165) is 17.7 Å². The maximum absolute atomic E-state index is 12.9. The van der Waals surface area contributed by atoms with Crippen LogP contribution in [0.4, 0.5) is 11.5 Å². The van der Waals surface area contributed by atoms with Gasteiger partial charge in [-0.05, 0) is 42.2 Å². The van der Waals surface area contributed by atoms with Crippen LogP contribution in [0.1, 0.15) is 27.2 Å². The van der Waals surface area contributed by atoms with Gasteiger partial charge in [-0.25, -0.2) is 9.97 Å². The molecule has 0 fully saturated rings. The van der Waals surface area contributed by atoms with Crippen molar-refractivity contribution in [3.63, 3.8) is 0 Å². The molecule has 6 heteroatoms. The molecule has 1 amide bonds. The van der Waals surface area contributed by atoms with Crippen molar-refractivity contribution < 1.29 is 4.79 Å². The highest BCUT2D eigenvalue weighted by atomic mass is 35.5. The first-order valence-corrected chi connectivity index (χ1v) is 9.20. The number of anilines is 2. The lowest BCUT2D eigenvalue weighted by Gasteiger charge is -2.28. The molecule has 136 valence electrons. The van der Waals surface area contributed by atoms with Gasteiger partial charge in [0.05, 0.1) is 0 Å². The Kier molecular flexibility index (Phi) is 4.77. The van der Waals surface area contributed by atoms with E-state index in [2.05, 4.69) is 27.4 Å². The van der Waals surface area contributed by atoms with Crippen LogP contribution in [0.25, 0.3) is 0 Å². The third-order valence-corrected chi connectivity index (χ3v) is 5.24. The van der Waals surface area contributed by atoms with Crippen LogP contribution in [-0.4, -0.2) is 27.3 Å². The van der Waals surface area contributed by atoms with Crippen molar-refractivity contribution in [3.8, 4) is 0 Å². The van der Waals surface area contributed by atoms with E-state index in [-0.39, 0.29) is 5.91 Å². The minimum Gasteiger partial charge on any atom is -0.340 e. The Morgan fingerprint density at radius 2 is 1.93 bits per heavy atom. The number of amides is 1. The summed E-state index contributed by atoms with van der Waals surface area (Å²) >= 11 is 6.17. The molecule has 0 radical (unpaired) electrons. The number of hydrogen-bond donors (Lipinski definition) is 1. The molecule has 0 atom stereocenters. The summed E-state index contributed by atoms with van der Waals surface area (Å²) in [6, 6.07) is 15.6. The summed E-state index contributed by atoms with van der Waals surface area (Å²) in [6.45, 7) is 3.23. The van der Waals surface area contributed by atoms with Crippen molar-refractivity contribution in [2.24, 2.45) is 0 Å². The van der Waals surface area contributed by atoms with Gasteiger partial charge in [-0.1, -0.05) is 41.9 Å². The van der Waals surface area contributed by atoms with Crippen molar-refractivity contribution in [1.82, 2.24) is 14.9 Å². The Bertz CT molecular complexity index is 1000. The van der Waals surface area contributed by atoms with Gasteiger partial charge in [0.2, 0.25) is 0 Å². The molecule has 0 saturated carbocycles. The summed E-state index contributed by atoms with van der Waals surface area (Å²) < 4.78 is 0. The molecule has 2 aromatic carbocycles. The third kappa shape index (κ3) is 3.64. The van der Waals surface area contributed by atoms with Crippen LogP contribution >= 0.6 is 11.6 Å². The molecule has 1 N–H and O–H groups in total. The molecule has 2 heterocycles. The monoisotopic (exact) mass is 378 g/mol. The van der Waals surface area contributed by atoms with E-state index in [0.29, 0.717) is 29.6 Å². The molecule has 0 saturated heterocycles. The normalized spacial score (nSPS) is 13.2. The lowest BCUT2D eigenvalue weighted by atomic mass is 10.00. The van der Waals surface area contributed by atoms with E-state index in [1.54, 1.807) is 6.07 Å².